The second-order valence-corrected chi connectivity index (χ2v) is 9.58. The van der Waals surface area contributed by atoms with Gasteiger partial charge in [-0.05, 0) is 73.1 Å². The third-order valence-corrected chi connectivity index (χ3v) is 5.79. The largest absolute Gasteiger partial charge is 0.445 e. The molecular weight excluding hydrogens is 464 g/mol. The van der Waals surface area contributed by atoms with Gasteiger partial charge in [-0.2, -0.15) is 0 Å². The summed E-state index contributed by atoms with van der Waals surface area (Å²) in [5.74, 6) is -0.0440. The Morgan fingerprint density at radius 1 is 0.892 bits per heavy atom. The van der Waals surface area contributed by atoms with Crippen molar-refractivity contribution >= 4 is 34.1 Å². The number of nitrogens with zero attached hydrogens (tertiary/aromatic N) is 1. The Kier molecular flexibility index (Phi) is 11.9. The highest BCUT2D eigenvalue weighted by molar-refractivity contribution is 5.94. The number of nitrogens with one attached hydrogen (secondary N) is 2. The van der Waals surface area contributed by atoms with E-state index in [9.17, 15) is 9.59 Å². The summed E-state index contributed by atoms with van der Waals surface area (Å²) < 4.78 is 5.24. The lowest BCUT2D eigenvalue weighted by molar-refractivity contribution is -0.118. The van der Waals surface area contributed by atoms with Crippen LogP contribution in [0.25, 0.3) is 10.8 Å². The van der Waals surface area contributed by atoms with Crippen LogP contribution in [-0.2, 0) is 22.7 Å². The van der Waals surface area contributed by atoms with Crippen LogP contribution in [0, 0.1) is 5.92 Å². The molecular formula is C30H42N4O3. The van der Waals surface area contributed by atoms with Gasteiger partial charge in [0.25, 0.3) is 0 Å². The molecule has 0 bridgehead atoms. The van der Waals surface area contributed by atoms with E-state index in [0.717, 1.165) is 25.2 Å². The molecule has 200 valence electrons. The number of carbonyl (C=O) groups is 2. The minimum Gasteiger partial charge on any atom is -0.445 e. The molecule has 4 N–H and O–H groups in total. The number of hydrogen-bond donors (Lipinski definition) is 3. The molecule has 0 spiro atoms. The monoisotopic (exact) mass is 506 g/mol. The first kappa shape index (κ1) is 29.6. The van der Waals surface area contributed by atoms with Crippen LogP contribution in [0.4, 0.5) is 16.2 Å². The molecule has 7 nitrogen and oxygen atoms in total. The van der Waals surface area contributed by atoms with Gasteiger partial charge >= 0.3 is 6.09 Å². The van der Waals surface area contributed by atoms with Gasteiger partial charge in [0.2, 0.25) is 5.91 Å². The Morgan fingerprint density at radius 2 is 1.49 bits per heavy atom. The minimum absolute atomic E-state index is 0.0158. The van der Waals surface area contributed by atoms with Crippen LogP contribution in [0.1, 0.15) is 52.7 Å². The molecule has 0 atom stereocenters. The van der Waals surface area contributed by atoms with Gasteiger partial charge < -0.3 is 21.1 Å². The number of carbonyl (C=O) groups excluding carboxylic acids is 2. The van der Waals surface area contributed by atoms with Crippen molar-refractivity contribution in [2.24, 2.45) is 5.92 Å². The highest BCUT2D eigenvalue weighted by Gasteiger charge is 2.08. The van der Waals surface area contributed by atoms with E-state index in [1.165, 1.54) is 16.3 Å². The summed E-state index contributed by atoms with van der Waals surface area (Å²) in [7, 11) is 0. The number of ether oxygens (including phenoxy) is 1. The second-order valence-electron chi connectivity index (χ2n) is 9.58. The normalized spacial score (nSPS) is 10.8. The molecule has 3 aromatic carbocycles. The van der Waals surface area contributed by atoms with Gasteiger partial charge in [0.05, 0.1) is 11.4 Å². The number of para-hydroxylation sites is 2. The zero-order valence-corrected chi connectivity index (χ0v) is 23.0. The number of hydrogen-bond acceptors (Lipinski definition) is 5. The lowest BCUT2D eigenvalue weighted by atomic mass is 10.0. The number of rotatable bonds is 9. The SMILES string of the molecule is CC(C)C(=O)Nc1ccccc1N.CCN(CC)Cc1ccc2cc(COC(=O)NC(C)C)ccc2c1. The number of fused-ring (bicyclic) bond motifs is 1. The predicted molar refractivity (Wildman–Crippen MR) is 153 cm³/mol. The van der Waals surface area contributed by atoms with Crippen molar-refractivity contribution in [1.82, 2.24) is 10.2 Å². The van der Waals surface area contributed by atoms with Gasteiger partial charge in [0.15, 0.2) is 0 Å². The lowest BCUT2D eigenvalue weighted by Crippen LogP contribution is -2.30. The standard InChI is InChI=1S/C20H28N2O2.C10H14N2O/c1-5-22(6-2)13-16-7-9-19-12-17(8-10-18(19)11-16)14-24-20(23)21-15(3)4;1-7(2)10(13)12-9-6-4-3-5-8(9)11/h7-12,15H,5-6,13-14H2,1-4H3,(H,21,23);3-7H,11H2,1-2H3,(H,12,13). The highest BCUT2D eigenvalue weighted by Crippen LogP contribution is 2.20. The lowest BCUT2D eigenvalue weighted by Gasteiger charge is -2.18. The average molecular weight is 507 g/mol. The van der Waals surface area contributed by atoms with Crippen LogP contribution in [0.15, 0.2) is 60.7 Å². The van der Waals surface area contributed by atoms with Crippen molar-refractivity contribution in [3.63, 3.8) is 0 Å². The Bertz CT molecular complexity index is 1160. The van der Waals surface area contributed by atoms with Crippen molar-refractivity contribution in [2.45, 2.75) is 60.7 Å². The Hall–Kier alpha value is -3.58. The van der Waals surface area contributed by atoms with Crippen molar-refractivity contribution in [1.29, 1.82) is 0 Å². The molecule has 0 aliphatic carbocycles. The summed E-state index contributed by atoms with van der Waals surface area (Å²) in [6, 6.07) is 20.1. The van der Waals surface area contributed by atoms with Crippen LogP contribution in [0.3, 0.4) is 0 Å². The zero-order valence-electron chi connectivity index (χ0n) is 23.0. The molecule has 0 radical (unpaired) electrons. The molecule has 3 aromatic rings. The van der Waals surface area contributed by atoms with Crippen LogP contribution in [-0.4, -0.2) is 36.0 Å². The van der Waals surface area contributed by atoms with Crippen LogP contribution in [0.5, 0.6) is 0 Å². The Labute approximate surface area is 221 Å². The molecule has 0 aliphatic heterocycles. The summed E-state index contributed by atoms with van der Waals surface area (Å²) in [4.78, 5) is 25.3. The first-order chi connectivity index (χ1) is 17.6. The fraction of sp³-hybridized carbons (Fsp3) is 0.400. The highest BCUT2D eigenvalue weighted by atomic mass is 16.5. The summed E-state index contributed by atoms with van der Waals surface area (Å²) in [6.07, 6.45) is -0.375. The summed E-state index contributed by atoms with van der Waals surface area (Å²) >= 11 is 0. The maximum absolute atomic E-state index is 11.6. The smallest absolute Gasteiger partial charge is 0.407 e. The Balaban J connectivity index is 0.000000312. The van der Waals surface area contributed by atoms with Gasteiger partial charge in [-0.1, -0.05) is 64.1 Å². The van der Waals surface area contributed by atoms with E-state index in [4.69, 9.17) is 10.5 Å². The number of anilines is 2. The molecule has 0 heterocycles. The third kappa shape index (κ3) is 10.1. The molecule has 0 fully saturated rings. The van der Waals surface area contributed by atoms with Crippen molar-refractivity contribution in [2.75, 3.05) is 24.1 Å². The number of amides is 2. The number of nitrogen functional groups attached to an aromatic ring is 1. The first-order valence-corrected chi connectivity index (χ1v) is 12.9. The third-order valence-electron chi connectivity index (χ3n) is 5.79. The van der Waals surface area contributed by atoms with Crippen LogP contribution in [0.2, 0.25) is 0 Å². The van der Waals surface area contributed by atoms with Gasteiger partial charge in [0, 0.05) is 18.5 Å². The van der Waals surface area contributed by atoms with Crippen molar-refractivity contribution < 1.29 is 14.3 Å². The van der Waals surface area contributed by atoms with E-state index >= 15 is 0 Å². The maximum Gasteiger partial charge on any atom is 0.407 e. The van der Waals surface area contributed by atoms with Gasteiger partial charge in [0.1, 0.15) is 6.61 Å². The molecule has 0 unspecified atom stereocenters. The van der Waals surface area contributed by atoms with Gasteiger partial charge in [-0.15, -0.1) is 0 Å². The number of benzene rings is 3. The predicted octanol–water partition coefficient (Wildman–Crippen LogP) is 6.18. The Morgan fingerprint density at radius 3 is 2.05 bits per heavy atom. The van der Waals surface area contributed by atoms with E-state index in [2.05, 4.69) is 59.7 Å². The molecule has 0 aliphatic rings. The molecule has 0 saturated heterocycles. The van der Waals surface area contributed by atoms with E-state index in [-0.39, 0.29) is 30.6 Å². The van der Waals surface area contributed by atoms with E-state index in [1.54, 1.807) is 12.1 Å². The minimum atomic E-state index is -0.375. The fourth-order valence-electron chi connectivity index (χ4n) is 3.55. The van der Waals surface area contributed by atoms with Crippen molar-refractivity contribution in [3.8, 4) is 0 Å². The first-order valence-electron chi connectivity index (χ1n) is 12.9. The van der Waals surface area contributed by atoms with Gasteiger partial charge in [-0.3, -0.25) is 9.69 Å². The molecule has 3 rings (SSSR count). The maximum atomic E-state index is 11.6. The van der Waals surface area contributed by atoms with Crippen LogP contribution >= 0.6 is 0 Å². The van der Waals surface area contributed by atoms with Crippen LogP contribution < -0.4 is 16.4 Å². The summed E-state index contributed by atoms with van der Waals surface area (Å²) in [5.41, 5.74) is 9.25. The molecule has 0 aromatic heterocycles. The van der Waals surface area contributed by atoms with E-state index < -0.39 is 0 Å². The second kappa shape index (κ2) is 14.9. The van der Waals surface area contributed by atoms with E-state index in [1.807, 2.05) is 45.9 Å². The summed E-state index contributed by atoms with van der Waals surface area (Å²) in [6.45, 7) is 15.3. The topological polar surface area (TPSA) is 96.7 Å². The van der Waals surface area contributed by atoms with E-state index in [0.29, 0.717) is 11.4 Å². The summed E-state index contributed by atoms with van der Waals surface area (Å²) in [5, 5.41) is 7.85. The fourth-order valence-corrected chi connectivity index (χ4v) is 3.55. The van der Waals surface area contributed by atoms with Crippen molar-refractivity contribution in [3.05, 3.63) is 71.8 Å². The molecule has 37 heavy (non-hydrogen) atoms. The number of alkyl carbamates (subject to hydrolysis) is 1. The molecule has 0 saturated carbocycles. The zero-order chi connectivity index (χ0) is 27.4. The van der Waals surface area contributed by atoms with Gasteiger partial charge in [-0.25, -0.2) is 4.79 Å². The quantitative estimate of drug-likeness (QED) is 0.301. The molecule has 2 amide bonds. The number of nitrogens with two attached hydrogens (primary N) is 1. The molecule has 7 heteroatoms. The average Bonchev–Trinajstić information content (AvgIpc) is 2.87.